The highest BCUT2D eigenvalue weighted by Gasteiger charge is 2.31. The van der Waals surface area contributed by atoms with E-state index in [0.717, 1.165) is 24.3 Å². The zero-order valence-corrected chi connectivity index (χ0v) is 8.86. The molecule has 1 aliphatic heterocycles. The summed E-state index contributed by atoms with van der Waals surface area (Å²) in [6.45, 7) is 1.54. The Hall–Kier alpha value is -1.13. The molecule has 1 saturated heterocycles. The summed E-state index contributed by atoms with van der Waals surface area (Å²) >= 11 is 0. The lowest BCUT2D eigenvalue weighted by atomic mass is 9.95. The van der Waals surface area contributed by atoms with E-state index in [1.165, 1.54) is 0 Å². The summed E-state index contributed by atoms with van der Waals surface area (Å²) in [7, 11) is 1.62. The molecule has 0 spiro atoms. The summed E-state index contributed by atoms with van der Waals surface area (Å²) in [5.74, 6) is 0.738. The van der Waals surface area contributed by atoms with Crippen molar-refractivity contribution >= 4 is 0 Å². The Labute approximate surface area is 89.3 Å². The van der Waals surface area contributed by atoms with Gasteiger partial charge in [0, 0.05) is 19.2 Å². The summed E-state index contributed by atoms with van der Waals surface area (Å²) in [6, 6.07) is 1.92. The van der Waals surface area contributed by atoms with Gasteiger partial charge >= 0.3 is 0 Å². The number of hydrogen-bond acceptors (Lipinski definition) is 4. The third-order valence-corrected chi connectivity index (χ3v) is 2.76. The smallest absolute Gasteiger partial charge is 0.137 e. The lowest BCUT2D eigenvalue weighted by Crippen LogP contribution is -2.33. The molecule has 1 aliphatic rings. The van der Waals surface area contributed by atoms with Crippen LogP contribution in [0.25, 0.3) is 0 Å². The molecule has 0 amide bonds. The summed E-state index contributed by atoms with van der Waals surface area (Å²) in [6.07, 6.45) is 4.87. The van der Waals surface area contributed by atoms with E-state index in [-0.39, 0.29) is 0 Å². The molecular weight excluding hydrogens is 192 g/mol. The van der Waals surface area contributed by atoms with Crippen LogP contribution in [-0.2, 0) is 6.42 Å². The fraction of sp³-hybridized carbons (Fsp3) is 0.545. The van der Waals surface area contributed by atoms with Gasteiger partial charge in [0.1, 0.15) is 5.75 Å². The lowest BCUT2D eigenvalue weighted by Gasteiger charge is -2.21. The lowest BCUT2D eigenvalue weighted by molar-refractivity contribution is 0.0618. The van der Waals surface area contributed by atoms with Gasteiger partial charge < -0.3 is 15.2 Å². The molecule has 2 heterocycles. The molecule has 15 heavy (non-hydrogen) atoms. The van der Waals surface area contributed by atoms with Gasteiger partial charge in [0.15, 0.2) is 0 Å². The van der Waals surface area contributed by atoms with Crippen LogP contribution in [0.4, 0.5) is 0 Å². The second-order valence-corrected chi connectivity index (χ2v) is 4.06. The molecule has 1 unspecified atom stereocenters. The van der Waals surface area contributed by atoms with Crippen LogP contribution < -0.4 is 10.1 Å². The largest absolute Gasteiger partial charge is 0.495 e. The highest BCUT2D eigenvalue weighted by Crippen LogP contribution is 2.21. The molecule has 0 bridgehead atoms. The fourth-order valence-electron chi connectivity index (χ4n) is 1.93. The van der Waals surface area contributed by atoms with Crippen molar-refractivity contribution in [1.82, 2.24) is 10.3 Å². The number of β-amino-alcohol motifs (C(OH)–C–C–N with tert-alkyl or cyclic N) is 1. The molecule has 0 radical (unpaired) electrons. The summed E-state index contributed by atoms with van der Waals surface area (Å²) in [5.41, 5.74) is 0.397. The first kappa shape index (κ1) is 10.4. The maximum Gasteiger partial charge on any atom is 0.137 e. The number of aliphatic hydroxyl groups is 1. The van der Waals surface area contributed by atoms with Gasteiger partial charge in [-0.1, -0.05) is 0 Å². The summed E-state index contributed by atoms with van der Waals surface area (Å²) < 4.78 is 5.09. The Morgan fingerprint density at radius 1 is 1.60 bits per heavy atom. The molecular formula is C11H16N2O2. The normalized spacial score (nSPS) is 25.5. The monoisotopic (exact) mass is 208 g/mol. The maximum atomic E-state index is 10.2. The van der Waals surface area contributed by atoms with Crippen molar-refractivity contribution in [1.29, 1.82) is 0 Å². The van der Waals surface area contributed by atoms with E-state index < -0.39 is 5.60 Å². The van der Waals surface area contributed by atoms with E-state index in [1.54, 1.807) is 19.5 Å². The maximum absolute atomic E-state index is 10.2. The van der Waals surface area contributed by atoms with Crippen molar-refractivity contribution < 1.29 is 9.84 Å². The second-order valence-electron chi connectivity index (χ2n) is 4.06. The molecule has 4 heteroatoms. The van der Waals surface area contributed by atoms with Gasteiger partial charge in [-0.25, -0.2) is 0 Å². The Morgan fingerprint density at radius 2 is 2.47 bits per heavy atom. The average molecular weight is 208 g/mol. The van der Waals surface area contributed by atoms with E-state index >= 15 is 0 Å². The number of hydrogen-bond donors (Lipinski definition) is 2. The minimum atomic E-state index is -0.617. The number of rotatable bonds is 3. The van der Waals surface area contributed by atoms with E-state index in [9.17, 15) is 5.11 Å². The number of ether oxygens (including phenoxy) is 1. The molecule has 1 aromatic heterocycles. The van der Waals surface area contributed by atoms with Gasteiger partial charge in [0.05, 0.1) is 18.9 Å². The molecule has 2 rings (SSSR count). The number of methoxy groups -OCH3 is 1. The minimum Gasteiger partial charge on any atom is -0.495 e. The highest BCUT2D eigenvalue weighted by molar-refractivity contribution is 5.25. The van der Waals surface area contributed by atoms with Crippen molar-refractivity contribution in [3.63, 3.8) is 0 Å². The van der Waals surface area contributed by atoms with Crippen molar-refractivity contribution in [2.24, 2.45) is 0 Å². The summed E-state index contributed by atoms with van der Waals surface area (Å²) in [4.78, 5) is 4.07. The van der Waals surface area contributed by atoms with Crippen LogP contribution in [0.2, 0.25) is 0 Å². The Kier molecular flexibility index (Phi) is 2.88. The predicted molar refractivity (Wildman–Crippen MR) is 56.9 cm³/mol. The number of nitrogens with zero attached hydrogens (tertiary/aromatic N) is 1. The Morgan fingerprint density at radius 3 is 3.13 bits per heavy atom. The standard InChI is InChI=1S/C11H16N2O2/c1-15-10-4-9(6-13-7-10)5-11(14)2-3-12-8-11/h4,6-7,12,14H,2-3,5,8H2,1H3. The van der Waals surface area contributed by atoms with E-state index in [1.807, 2.05) is 6.07 Å². The Bertz CT molecular complexity index is 335. The van der Waals surface area contributed by atoms with Gasteiger partial charge in [-0.2, -0.15) is 0 Å². The van der Waals surface area contributed by atoms with E-state index in [4.69, 9.17) is 4.74 Å². The van der Waals surface area contributed by atoms with Gasteiger partial charge in [-0.3, -0.25) is 4.98 Å². The molecule has 1 atom stereocenters. The van der Waals surface area contributed by atoms with Crippen LogP contribution in [0.3, 0.4) is 0 Å². The minimum absolute atomic E-state index is 0.617. The predicted octanol–water partition coefficient (Wildman–Crippen LogP) is 0.357. The highest BCUT2D eigenvalue weighted by atomic mass is 16.5. The van der Waals surface area contributed by atoms with Gasteiger partial charge in [0.2, 0.25) is 0 Å². The Balaban J connectivity index is 2.09. The van der Waals surface area contributed by atoms with Gasteiger partial charge in [-0.05, 0) is 24.6 Å². The number of aromatic nitrogens is 1. The molecule has 82 valence electrons. The third kappa shape index (κ3) is 2.46. The molecule has 2 N–H and O–H groups in total. The molecule has 0 saturated carbocycles. The second kappa shape index (κ2) is 4.16. The van der Waals surface area contributed by atoms with Crippen molar-refractivity contribution in [3.8, 4) is 5.75 Å². The van der Waals surface area contributed by atoms with E-state index in [2.05, 4.69) is 10.3 Å². The quantitative estimate of drug-likeness (QED) is 0.753. The fourth-order valence-corrected chi connectivity index (χ4v) is 1.93. The van der Waals surface area contributed by atoms with Crippen molar-refractivity contribution in [2.45, 2.75) is 18.4 Å². The topological polar surface area (TPSA) is 54.4 Å². The first-order valence-corrected chi connectivity index (χ1v) is 5.13. The van der Waals surface area contributed by atoms with Crippen molar-refractivity contribution in [2.75, 3.05) is 20.2 Å². The van der Waals surface area contributed by atoms with Crippen LogP contribution >= 0.6 is 0 Å². The zero-order chi connectivity index (χ0) is 10.7. The average Bonchev–Trinajstić information content (AvgIpc) is 2.65. The van der Waals surface area contributed by atoms with Crippen molar-refractivity contribution in [3.05, 3.63) is 24.0 Å². The number of nitrogens with one attached hydrogen (secondary N) is 1. The van der Waals surface area contributed by atoms with Crippen LogP contribution in [-0.4, -0.2) is 35.9 Å². The summed E-state index contributed by atoms with van der Waals surface area (Å²) in [5, 5.41) is 13.3. The zero-order valence-electron chi connectivity index (χ0n) is 8.86. The molecule has 4 nitrogen and oxygen atoms in total. The number of pyridine rings is 1. The molecule has 1 fully saturated rings. The van der Waals surface area contributed by atoms with Crippen LogP contribution in [0, 0.1) is 0 Å². The molecule has 0 aromatic carbocycles. The van der Waals surface area contributed by atoms with Gasteiger partial charge in [0.25, 0.3) is 0 Å². The SMILES string of the molecule is COc1cncc(CC2(O)CCNC2)c1. The van der Waals surface area contributed by atoms with Crippen LogP contribution in [0.1, 0.15) is 12.0 Å². The van der Waals surface area contributed by atoms with Gasteiger partial charge in [-0.15, -0.1) is 0 Å². The molecule has 0 aliphatic carbocycles. The first-order chi connectivity index (χ1) is 7.22. The van der Waals surface area contributed by atoms with E-state index in [0.29, 0.717) is 13.0 Å². The third-order valence-electron chi connectivity index (χ3n) is 2.76. The molecule has 1 aromatic rings. The van der Waals surface area contributed by atoms with Crippen LogP contribution in [0.15, 0.2) is 18.5 Å². The van der Waals surface area contributed by atoms with Crippen LogP contribution in [0.5, 0.6) is 5.75 Å². The first-order valence-electron chi connectivity index (χ1n) is 5.13.